The first kappa shape index (κ1) is 20.0. The highest BCUT2D eigenvalue weighted by molar-refractivity contribution is 7.98. The largest absolute Gasteiger partial charge is 0.351 e. The Labute approximate surface area is 188 Å². The van der Waals surface area contributed by atoms with Gasteiger partial charge in [-0.3, -0.25) is 9.78 Å². The lowest BCUT2D eigenvalue weighted by atomic mass is 10.3. The Balaban J connectivity index is 1.75. The minimum absolute atomic E-state index is 0.165. The number of thioether (sulfide) groups is 1. The predicted octanol–water partition coefficient (Wildman–Crippen LogP) is 4.30. The molecule has 0 amide bonds. The number of pyridine rings is 1. The van der Waals surface area contributed by atoms with Crippen molar-refractivity contribution in [2.75, 3.05) is 11.6 Å². The molecule has 0 radical (unpaired) electrons. The Morgan fingerprint density at radius 3 is 2.31 bits per heavy atom. The zero-order chi connectivity index (χ0) is 21.9. The van der Waals surface area contributed by atoms with Crippen molar-refractivity contribution in [1.29, 1.82) is 0 Å². The summed E-state index contributed by atoms with van der Waals surface area (Å²) in [5.41, 5.74) is 2.93. The van der Waals surface area contributed by atoms with E-state index in [1.165, 1.54) is 11.8 Å². The summed E-state index contributed by atoms with van der Waals surface area (Å²) < 4.78 is 3.34. The minimum atomic E-state index is -0.165. The van der Waals surface area contributed by atoms with E-state index in [2.05, 4.69) is 10.3 Å². The Kier molecular flexibility index (Phi) is 5.43. The summed E-state index contributed by atoms with van der Waals surface area (Å²) in [7, 11) is 0. The molecule has 5 aromatic rings. The number of benzene rings is 2. The number of aromatic nitrogens is 5. The first-order valence-electron chi connectivity index (χ1n) is 10.1. The maximum absolute atomic E-state index is 13.8. The van der Waals surface area contributed by atoms with Gasteiger partial charge >= 0.3 is 0 Å². The summed E-state index contributed by atoms with van der Waals surface area (Å²) in [6, 6.07) is 23.1. The normalized spacial score (nSPS) is 11.0. The van der Waals surface area contributed by atoms with Crippen LogP contribution in [0.1, 0.15) is 5.56 Å². The van der Waals surface area contributed by atoms with Gasteiger partial charge in [-0.05, 0) is 42.2 Å². The Morgan fingerprint density at radius 2 is 1.66 bits per heavy atom. The van der Waals surface area contributed by atoms with Gasteiger partial charge in [0, 0.05) is 18.9 Å². The number of fused-ring (bicyclic) bond motifs is 1. The van der Waals surface area contributed by atoms with Crippen LogP contribution in [0.15, 0.2) is 95.0 Å². The Bertz CT molecular complexity index is 1420. The SMILES string of the molecule is CSc1nn(-c2ccccc2)c2nc(NCc3cccnc3)n(-c3ccccc3)c(=O)c12. The van der Waals surface area contributed by atoms with E-state index in [4.69, 9.17) is 10.1 Å². The van der Waals surface area contributed by atoms with E-state index in [0.717, 1.165) is 16.9 Å². The zero-order valence-corrected chi connectivity index (χ0v) is 18.2. The second-order valence-electron chi connectivity index (χ2n) is 7.08. The van der Waals surface area contributed by atoms with Gasteiger partial charge in [0.1, 0.15) is 10.4 Å². The van der Waals surface area contributed by atoms with E-state index in [9.17, 15) is 4.79 Å². The molecule has 158 valence electrons. The average molecular weight is 441 g/mol. The van der Waals surface area contributed by atoms with Crippen LogP contribution in [0.25, 0.3) is 22.4 Å². The third kappa shape index (κ3) is 3.65. The number of rotatable bonds is 6. The number of para-hydroxylation sites is 2. The van der Waals surface area contributed by atoms with Gasteiger partial charge in [-0.2, -0.15) is 10.1 Å². The maximum Gasteiger partial charge on any atom is 0.271 e. The molecule has 0 unspecified atom stereocenters. The molecule has 2 aromatic carbocycles. The molecule has 1 N–H and O–H groups in total. The number of anilines is 1. The highest BCUT2D eigenvalue weighted by Gasteiger charge is 2.21. The van der Waals surface area contributed by atoms with Gasteiger partial charge in [0.05, 0.1) is 11.4 Å². The lowest BCUT2D eigenvalue weighted by Gasteiger charge is -2.14. The number of nitrogens with zero attached hydrogens (tertiary/aromatic N) is 5. The molecule has 0 spiro atoms. The van der Waals surface area contributed by atoms with Crippen molar-refractivity contribution >= 4 is 28.7 Å². The van der Waals surface area contributed by atoms with Crippen molar-refractivity contribution in [3.63, 3.8) is 0 Å². The van der Waals surface area contributed by atoms with Crippen molar-refractivity contribution in [2.45, 2.75) is 11.6 Å². The Morgan fingerprint density at radius 1 is 0.938 bits per heavy atom. The van der Waals surface area contributed by atoms with Gasteiger partial charge in [-0.1, -0.05) is 42.5 Å². The predicted molar refractivity (Wildman–Crippen MR) is 128 cm³/mol. The van der Waals surface area contributed by atoms with Gasteiger partial charge in [0.15, 0.2) is 5.65 Å². The van der Waals surface area contributed by atoms with E-state index in [0.29, 0.717) is 28.6 Å². The number of hydrogen-bond acceptors (Lipinski definition) is 6. The van der Waals surface area contributed by atoms with Gasteiger partial charge in [-0.25, -0.2) is 9.25 Å². The monoisotopic (exact) mass is 440 g/mol. The van der Waals surface area contributed by atoms with Crippen molar-refractivity contribution in [1.82, 2.24) is 24.3 Å². The van der Waals surface area contributed by atoms with Crippen LogP contribution in [0.4, 0.5) is 5.95 Å². The van der Waals surface area contributed by atoms with E-state index in [-0.39, 0.29) is 5.56 Å². The van der Waals surface area contributed by atoms with Gasteiger partial charge in [-0.15, -0.1) is 11.8 Å². The molecule has 0 saturated carbocycles. The molecule has 0 atom stereocenters. The van der Waals surface area contributed by atoms with Crippen LogP contribution in [0.2, 0.25) is 0 Å². The third-order valence-corrected chi connectivity index (χ3v) is 5.72. The molecule has 0 fully saturated rings. The lowest BCUT2D eigenvalue weighted by molar-refractivity contribution is 0.849. The Hall–Kier alpha value is -3.91. The molecule has 0 aliphatic heterocycles. The van der Waals surface area contributed by atoms with Crippen molar-refractivity contribution in [2.24, 2.45) is 0 Å². The smallest absolute Gasteiger partial charge is 0.271 e. The van der Waals surface area contributed by atoms with Crippen molar-refractivity contribution < 1.29 is 0 Å². The molecule has 3 aromatic heterocycles. The summed E-state index contributed by atoms with van der Waals surface area (Å²) in [6.07, 6.45) is 5.44. The standard InChI is InChI=1S/C24H20N6OS/c1-32-22-20-21(30(28-22)19-12-6-3-7-13-19)27-24(26-16-17-9-8-14-25-15-17)29(23(20)31)18-10-4-2-5-11-18/h2-15H,16H2,1H3,(H,26,27). The fourth-order valence-corrected chi connectivity index (χ4v) is 4.10. The number of hydrogen-bond donors (Lipinski definition) is 1. The molecule has 0 bridgehead atoms. The minimum Gasteiger partial charge on any atom is -0.351 e. The summed E-state index contributed by atoms with van der Waals surface area (Å²) in [5, 5.41) is 9.17. The molecule has 0 aliphatic carbocycles. The highest BCUT2D eigenvalue weighted by Crippen LogP contribution is 2.26. The molecule has 8 heteroatoms. The summed E-state index contributed by atoms with van der Waals surface area (Å²) in [6.45, 7) is 0.480. The third-order valence-electron chi connectivity index (χ3n) is 5.05. The van der Waals surface area contributed by atoms with Crippen LogP contribution in [-0.4, -0.2) is 30.6 Å². The average Bonchev–Trinajstić information content (AvgIpc) is 3.23. The van der Waals surface area contributed by atoms with Crippen LogP contribution in [-0.2, 0) is 6.54 Å². The van der Waals surface area contributed by atoms with Crippen molar-refractivity contribution in [3.05, 3.63) is 101 Å². The first-order valence-corrected chi connectivity index (χ1v) is 11.3. The van der Waals surface area contributed by atoms with Gasteiger partial charge in [0.2, 0.25) is 5.95 Å². The topological polar surface area (TPSA) is 77.6 Å². The molecule has 32 heavy (non-hydrogen) atoms. The number of nitrogens with one attached hydrogen (secondary N) is 1. The van der Waals surface area contributed by atoms with E-state index in [1.54, 1.807) is 21.6 Å². The second kappa shape index (κ2) is 8.68. The fraction of sp³-hybridized carbons (Fsp3) is 0.0833. The second-order valence-corrected chi connectivity index (χ2v) is 7.88. The summed E-state index contributed by atoms with van der Waals surface area (Å²) >= 11 is 1.43. The summed E-state index contributed by atoms with van der Waals surface area (Å²) in [5.74, 6) is 0.447. The fourth-order valence-electron chi connectivity index (χ4n) is 3.55. The molecule has 5 rings (SSSR count). The van der Waals surface area contributed by atoms with Gasteiger partial charge in [0.25, 0.3) is 5.56 Å². The molecule has 7 nitrogen and oxygen atoms in total. The van der Waals surface area contributed by atoms with Crippen LogP contribution in [0.3, 0.4) is 0 Å². The van der Waals surface area contributed by atoms with Crippen LogP contribution < -0.4 is 10.9 Å². The van der Waals surface area contributed by atoms with Crippen molar-refractivity contribution in [3.8, 4) is 11.4 Å². The molecule has 0 saturated heterocycles. The van der Waals surface area contributed by atoms with Gasteiger partial charge < -0.3 is 5.32 Å². The summed E-state index contributed by atoms with van der Waals surface area (Å²) in [4.78, 5) is 22.8. The van der Waals surface area contributed by atoms with E-state index < -0.39 is 0 Å². The first-order chi connectivity index (χ1) is 15.8. The zero-order valence-electron chi connectivity index (χ0n) is 17.3. The quantitative estimate of drug-likeness (QED) is 0.397. The maximum atomic E-state index is 13.8. The molecular weight excluding hydrogens is 420 g/mol. The van der Waals surface area contributed by atoms with Crippen LogP contribution >= 0.6 is 11.8 Å². The lowest BCUT2D eigenvalue weighted by Crippen LogP contribution is -2.24. The van der Waals surface area contributed by atoms with E-state index >= 15 is 0 Å². The molecule has 3 heterocycles. The highest BCUT2D eigenvalue weighted by atomic mass is 32.2. The molecular formula is C24H20N6OS. The molecule has 0 aliphatic rings. The van der Waals surface area contributed by atoms with Crippen LogP contribution in [0, 0.1) is 0 Å². The van der Waals surface area contributed by atoms with Crippen LogP contribution in [0.5, 0.6) is 0 Å². The van der Waals surface area contributed by atoms with E-state index in [1.807, 2.05) is 79.1 Å².